The van der Waals surface area contributed by atoms with Crippen molar-refractivity contribution in [3.05, 3.63) is 29.0 Å². The van der Waals surface area contributed by atoms with E-state index in [1.165, 1.54) is 6.20 Å². The first-order valence-corrected chi connectivity index (χ1v) is 5.78. The van der Waals surface area contributed by atoms with Crippen molar-refractivity contribution >= 4 is 17.5 Å². The minimum Gasteiger partial charge on any atom is -0.350 e. The first kappa shape index (κ1) is 13.9. The average molecular weight is 256 g/mol. The summed E-state index contributed by atoms with van der Waals surface area (Å²) in [4.78, 5) is 17.7. The van der Waals surface area contributed by atoms with Crippen LogP contribution in [0, 0.1) is 0 Å². The van der Waals surface area contributed by atoms with Gasteiger partial charge < -0.3 is 10.2 Å². The minimum absolute atomic E-state index is 0.0908. The van der Waals surface area contributed by atoms with Crippen molar-refractivity contribution in [3.8, 4) is 0 Å². The Labute approximate surface area is 107 Å². The lowest BCUT2D eigenvalue weighted by Gasteiger charge is -2.32. The maximum absolute atomic E-state index is 11.9. The molecule has 0 fully saturated rings. The van der Waals surface area contributed by atoms with Gasteiger partial charge in [0.2, 0.25) is 0 Å². The standard InChI is InChI=1S/C12H18ClN3O/c1-12(2,16(3)4)8-15-11(17)9-5-6-14-10(13)7-9/h5-7H,8H2,1-4H3,(H,15,17). The second kappa shape index (κ2) is 5.47. The van der Waals surface area contributed by atoms with Crippen LogP contribution in [0.5, 0.6) is 0 Å². The number of halogens is 1. The van der Waals surface area contributed by atoms with E-state index in [0.717, 1.165) is 0 Å². The molecule has 94 valence electrons. The molecule has 0 spiro atoms. The molecule has 1 aromatic rings. The molecule has 0 bridgehead atoms. The van der Waals surface area contributed by atoms with Crippen molar-refractivity contribution in [1.29, 1.82) is 0 Å². The lowest BCUT2D eigenvalue weighted by molar-refractivity contribution is 0.0919. The Bertz CT molecular complexity index is 404. The monoisotopic (exact) mass is 255 g/mol. The lowest BCUT2D eigenvalue weighted by Crippen LogP contribution is -2.48. The van der Waals surface area contributed by atoms with Crippen LogP contribution >= 0.6 is 11.6 Å². The summed E-state index contributed by atoms with van der Waals surface area (Å²) in [6.07, 6.45) is 1.52. The van der Waals surface area contributed by atoms with Gasteiger partial charge in [-0.1, -0.05) is 11.6 Å². The van der Waals surface area contributed by atoms with Crippen molar-refractivity contribution in [2.75, 3.05) is 20.6 Å². The zero-order valence-corrected chi connectivity index (χ0v) is 11.4. The number of nitrogens with zero attached hydrogens (tertiary/aromatic N) is 2. The molecule has 4 nitrogen and oxygen atoms in total. The summed E-state index contributed by atoms with van der Waals surface area (Å²) >= 11 is 5.73. The molecule has 0 aliphatic heterocycles. The molecular weight excluding hydrogens is 238 g/mol. The number of rotatable bonds is 4. The van der Waals surface area contributed by atoms with Gasteiger partial charge >= 0.3 is 0 Å². The van der Waals surface area contributed by atoms with Crippen LogP contribution in [0.4, 0.5) is 0 Å². The first-order valence-electron chi connectivity index (χ1n) is 5.40. The summed E-state index contributed by atoms with van der Waals surface area (Å²) in [7, 11) is 3.96. The number of carbonyl (C=O) groups excluding carboxylic acids is 1. The van der Waals surface area contributed by atoms with Crippen LogP contribution in [0.15, 0.2) is 18.3 Å². The van der Waals surface area contributed by atoms with Crippen LogP contribution < -0.4 is 5.32 Å². The number of hydrogen-bond donors (Lipinski definition) is 1. The molecule has 0 aliphatic rings. The van der Waals surface area contributed by atoms with Crippen LogP contribution in [-0.2, 0) is 0 Å². The van der Waals surface area contributed by atoms with Crippen LogP contribution in [-0.4, -0.2) is 42.0 Å². The zero-order chi connectivity index (χ0) is 13.1. The number of amides is 1. The summed E-state index contributed by atoms with van der Waals surface area (Å²) in [5.74, 6) is -0.135. The Hall–Kier alpha value is -1.13. The topological polar surface area (TPSA) is 45.2 Å². The molecule has 0 aliphatic carbocycles. The number of aromatic nitrogens is 1. The quantitative estimate of drug-likeness (QED) is 0.835. The molecule has 5 heteroatoms. The molecule has 17 heavy (non-hydrogen) atoms. The summed E-state index contributed by atoms with van der Waals surface area (Å²) in [5, 5.41) is 3.20. The highest BCUT2D eigenvalue weighted by molar-refractivity contribution is 6.29. The Morgan fingerprint density at radius 2 is 2.18 bits per heavy atom. The van der Waals surface area contributed by atoms with Gasteiger partial charge in [-0.25, -0.2) is 4.98 Å². The Morgan fingerprint density at radius 3 is 2.71 bits per heavy atom. The van der Waals surface area contributed by atoms with Crippen molar-refractivity contribution in [2.24, 2.45) is 0 Å². The smallest absolute Gasteiger partial charge is 0.251 e. The van der Waals surface area contributed by atoms with Crippen molar-refractivity contribution < 1.29 is 4.79 Å². The number of hydrogen-bond acceptors (Lipinski definition) is 3. The number of likely N-dealkylation sites (N-methyl/N-ethyl adjacent to an activating group) is 1. The third kappa shape index (κ3) is 3.98. The van der Waals surface area contributed by atoms with Crippen LogP contribution in [0.3, 0.4) is 0 Å². The molecule has 1 heterocycles. The fourth-order valence-corrected chi connectivity index (χ4v) is 1.27. The van der Waals surface area contributed by atoms with Crippen molar-refractivity contribution in [1.82, 2.24) is 15.2 Å². The molecule has 0 radical (unpaired) electrons. The van der Waals surface area contributed by atoms with Crippen LogP contribution in [0.2, 0.25) is 5.15 Å². The van der Waals surface area contributed by atoms with Crippen LogP contribution in [0.25, 0.3) is 0 Å². The molecule has 1 N–H and O–H groups in total. The lowest BCUT2D eigenvalue weighted by atomic mass is 10.0. The number of nitrogens with one attached hydrogen (secondary N) is 1. The second-order valence-corrected chi connectivity index (χ2v) is 5.14. The van der Waals surface area contributed by atoms with Crippen molar-refractivity contribution in [3.63, 3.8) is 0 Å². The molecule has 0 atom stereocenters. The average Bonchev–Trinajstić information content (AvgIpc) is 2.25. The second-order valence-electron chi connectivity index (χ2n) is 4.76. The maximum atomic E-state index is 11.9. The van der Waals surface area contributed by atoms with E-state index < -0.39 is 0 Å². The van der Waals surface area contributed by atoms with Gasteiger partial charge in [0.1, 0.15) is 5.15 Å². The fraction of sp³-hybridized carbons (Fsp3) is 0.500. The van der Waals surface area contributed by atoms with Gasteiger partial charge in [-0.15, -0.1) is 0 Å². The van der Waals surface area contributed by atoms with E-state index in [9.17, 15) is 4.79 Å². The highest BCUT2D eigenvalue weighted by Gasteiger charge is 2.21. The fourth-order valence-electron chi connectivity index (χ4n) is 1.10. The number of carbonyl (C=O) groups is 1. The van der Waals surface area contributed by atoms with E-state index >= 15 is 0 Å². The van der Waals surface area contributed by atoms with E-state index in [4.69, 9.17) is 11.6 Å². The van der Waals surface area contributed by atoms with E-state index in [0.29, 0.717) is 17.3 Å². The van der Waals surface area contributed by atoms with E-state index in [2.05, 4.69) is 29.0 Å². The molecule has 1 amide bonds. The van der Waals surface area contributed by atoms with E-state index in [1.807, 2.05) is 14.1 Å². The summed E-state index contributed by atoms with van der Waals surface area (Å²) in [6.45, 7) is 4.69. The normalized spacial score (nSPS) is 11.6. The zero-order valence-electron chi connectivity index (χ0n) is 10.6. The van der Waals surface area contributed by atoms with Gasteiger partial charge in [-0.05, 0) is 40.1 Å². The predicted molar refractivity (Wildman–Crippen MR) is 69.3 cm³/mol. The van der Waals surface area contributed by atoms with E-state index in [1.54, 1.807) is 12.1 Å². The summed E-state index contributed by atoms with van der Waals surface area (Å²) < 4.78 is 0. The predicted octanol–water partition coefficient (Wildman–Crippen LogP) is 1.80. The van der Waals surface area contributed by atoms with Gasteiger partial charge in [0.15, 0.2) is 0 Å². The third-order valence-corrected chi connectivity index (χ3v) is 3.09. The van der Waals surface area contributed by atoms with Gasteiger partial charge in [-0.2, -0.15) is 0 Å². The van der Waals surface area contributed by atoms with Crippen molar-refractivity contribution in [2.45, 2.75) is 19.4 Å². The molecule has 1 aromatic heterocycles. The third-order valence-electron chi connectivity index (χ3n) is 2.88. The Balaban J connectivity index is 2.62. The Morgan fingerprint density at radius 1 is 1.53 bits per heavy atom. The summed E-state index contributed by atoms with van der Waals surface area (Å²) in [6, 6.07) is 3.20. The molecule has 1 rings (SSSR count). The SMILES string of the molecule is CN(C)C(C)(C)CNC(=O)c1ccnc(Cl)c1. The molecular formula is C12H18ClN3O. The summed E-state index contributed by atoms with van der Waals surface area (Å²) in [5.41, 5.74) is 0.437. The van der Waals surface area contributed by atoms with Crippen LogP contribution in [0.1, 0.15) is 24.2 Å². The van der Waals surface area contributed by atoms with Gasteiger partial charge in [0.05, 0.1) is 0 Å². The maximum Gasteiger partial charge on any atom is 0.251 e. The number of pyridine rings is 1. The highest BCUT2D eigenvalue weighted by atomic mass is 35.5. The highest BCUT2D eigenvalue weighted by Crippen LogP contribution is 2.10. The van der Waals surface area contributed by atoms with E-state index in [-0.39, 0.29) is 11.4 Å². The van der Waals surface area contributed by atoms with Gasteiger partial charge in [0, 0.05) is 23.8 Å². The molecule has 0 aromatic carbocycles. The molecule has 0 unspecified atom stereocenters. The molecule has 0 saturated heterocycles. The van der Waals surface area contributed by atoms with Gasteiger partial charge in [-0.3, -0.25) is 4.79 Å². The molecule has 0 saturated carbocycles. The minimum atomic E-state index is -0.135. The largest absolute Gasteiger partial charge is 0.350 e. The first-order chi connectivity index (χ1) is 7.83. The Kier molecular flexibility index (Phi) is 4.48. The van der Waals surface area contributed by atoms with Gasteiger partial charge in [0.25, 0.3) is 5.91 Å².